The summed E-state index contributed by atoms with van der Waals surface area (Å²) in [5.41, 5.74) is 10.3. The zero-order valence-corrected chi connectivity index (χ0v) is 7.48. The molecule has 0 aliphatic carbocycles. The molecule has 1 aromatic rings. The van der Waals surface area contributed by atoms with Crippen molar-refractivity contribution in [2.45, 2.75) is 6.43 Å². The van der Waals surface area contributed by atoms with Gasteiger partial charge >= 0.3 is 0 Å². The van der Waals surface area contributed by atoms with E-state index < -0.39 is 6.43 Å². The van der Waals surface area contributed by atoms with Crippen LogP contribution in [0.2, 0.25) is 0 Å². The Hall–Kier alpha value is -0.910. The number of rotatable bonds is 1. The zero-order chi connectivity index (χ0) is 9.30. The van der Waals surface area contributed by atoms with Crippen LogP contribution in [0, 0.1) is 0 Å². The molecule has 0 radical (unpaired) electrons. The molecule has 1 heterocycles. The van der Waals surface area contributed by atoms with Crippen molar-refractivity contribution in [2.75, 3.05) is 11.5 Å². The maximum atomic E-state index is 12.2. The summed E-state index contributed by atoms with van der Waals surface area (Å²) in [5, 5.41) is 0. The van der Waals surface area contributed by atoms with Crippen molar-refractivity contribution in [3.05, 3.63) is 16.1 Å². The van der Waals surface area contributed by atoms with Crippen LogP contribution in [-0.2, 0) is 0 Å². The lowest BCUT2D eigenvalue weighted by molar-refractivity contribution is 0.150. The van der Waals surface area contributed by atoms with Crippen LogP contribution in [0.5, 0.6) is 0 Å². The van der Waals surface area contributed by atoms with Crippen molar-refractivity contribution in [1.82, 2.24) is 4.98 Å². The highest BCUT2D eigenvalue weighted by Crippen LogP contribution is 2.31. The van der Waals surface area contributed by atoms with Crippen LogP contribution in [0.3, 0.4) is 0 Å². The van der Waals surface area contributed by atoms with Gasteiger partial charge in [-0.15, -0.1) is 0 Å². The predicted molar refractivity (Wildman–Crippen MR) is 45.7 cm³/mol. The molecule has 66 valence electrons. The van der Waals surface area contributed by atoms with Gasteiger partial charge in [-0.25, -0.2) is 13.8 Å². The lowest BCUT2D eigenvalue weighted by atomic mass is 10.2. The van der Waals surface area contributed by atoms with E-state index >= 15 is 0 Å². The Balaban J connectivity index is 3.28. The first-order valence-corrected chi connectivity index (χ1v) is 3.81. The molecule has 4 N–H and O–H groups in total. The normalized spacial score (nSPS) is 10.7. The first-order valence-electron chi connectivity index (χ1n) is 3.02. The molecule has 0 saturated heterocycles. The maximum Gasteiger partial charge on any atom is 0.265 e. The molecule has 0 atom stereocenters. The second kappa shape index (κ2) is 3.22. The highest BCUT2D eigenvalue weighted by Gasteiger charge is 2.15. The molecule has 0 spiro atoms. The molecule has 3 nitrogen and oxygen atoms in total. The monoisotopic (exact) mass is 237 g/mol. The van der Waals surface area contributed by atoms with Gasteiger partial charge in [0, 0.05) is 5.56 Å². The van der Waals surface area contributed by atoms with Gasteiger partial charge in [0.2, 0.25) is 0 Å². The van der Waals surface area contributed by atoms with E-state index in [1.54, 1.807) is 0 Å². The third-order valence-electron chi connectivity index (χ3n) is 1.27. The SMILES string of the molecule is Nc1cc(C(F)F)c(Br)c(N)n1. The van der Waals surface area contributed by atoms with Gasteiger partial charge in [-0.05, 0) is 22.0 Å². The highest BCUT2D eigenvalue weighted by atomic mass is 79.9. The zero-order valence-electron chi connectivity index (χ0n) is 5.89. The fraction of sp³-hybridized carbons (Fsp3) is 0.167. The van der Waals surface area contributed by atoms with Gasteiger partial charge in [0.15, 0.2) is 0 Å². The number of anilines is 2. The molecule has 1 aromatic heterocycles. The van der Waals surface area contributed by atoms with E-state index in [9.17, 15) is 8.78 Å². The third kappa shape index (κ3) is 1.63. The summed E-state index contributed by atoms with van der Waals surface area (Å²) in [5.74, 6) is -0.0312. The van der Waals surface area contributed by atoms with E-state index in [1.807, 2.05) is 0 Å². The number of pyridine rings is 1. The molecule has 6 heteroatoms. The number of nitrogen functional groups attached to an aromatic ring is 2. The fourth-order valence-electron chi connectivity index (χ4n) is 0.750. The van der Waals surface area contributed by atoms with E-state index in [1.165, 1.54) is 0 Å². The van der Waals surface area contributed by atoms with Gasteiger partial charge in [0.05, 0.1) is 4.47 Å². The van der Waals surface area contributed by atoms with Crippen molar-refractivity contribution in [2.24, 2.45) is 0 Å². The second-order valence-electron chi connectivity index (χ2n) is 2.14. The Bertz CT molecular complexity index is 303. The van der Waals surface area contributed by atoms with Gasteiger partial charge in [0.1, 0.15) is 11.6 Å². The second-order valence-corrected chi connectivity index (χ2v) is 2.93. The van der Waals surface area contributed by atoms with Crippen LogP contribution in [0.1, 0.15) is 12.0 Å². The standard InChI is InChI=1S/C6H6BrF2N3/c7-4-2(5(8)9)1-3(10)12-6(4)11/h1,5H,(H4,10,11,12). The lowest BCUT2D eigenvalue weighted by Gasteiger charge is -2.05. The quantitative estimate of drug-likeness (QED) is 0.785. The number of hydrogen-bond donors (Lipinski definition) is 2. The minimum absolute atomic E-state index is 0.00833. The van der Waals surface area contributed by atoms with Crippen molar-refractivity contribution < 1.29 is 8.78 Å². The molecular weight excluding hydrogens is 232 g/mol. The lowest BCUT2D eigenvalue weighted by Crippen LogP contribution is -2.00. The van der Waals surface area contributed by atoms with Crippen LogP contribution in [0.15, 0.2) is 10.5 Å². The summed E-state index contributed by atoms with van der Waals surface area (Å²) >= 11 is 2.89. The van der Waals surface area contributed by atoms with Crippen molar-refractivity contribution in [3.63, 3.8) is 0 Å². The number of aromatic nitrogens is 1. The number of nitrogens with zero attached hydrogens (tertiary/aromatic N) is 1. The molecule has 0 unspecified atom stereocenters. The molecular formula is C6H6BrF2N3. The Morgan fingerprint density at radius 2 is 2.00 bits per heavy atom. The highest BCUT2D eigenvalue weighted by molar-refractivity contribution is 9.10. The largest absolute Gasteiger partial charge is 0.384 e. The predicted octanol–water partition coefficient (Wildman–Crippen LogP) is 1.95. The molecule has 12 heavy (non-hydrogen) atoms. The van der Waals surface area contributed by atoms with Crippen LogP contribution in [-0.4, -0.2) is 4.98 Å². The summed E-state index contributed by atoms with van der Waals surface area (Å²) in [6.45, 7) is 0. The number of hydrogen-bond acceptors (Lipinski definition) is 3. The number of halogens is 3. The average molecular weight is 238 g/mol. The fourth-order valence-corrected chi connectivity index (χ4v) is 1.13. The molecule has 0 amide bonds. The van der Waals surface area contributed by atoms with Crippen molar-refractivity contribution >= 4 is 27.6 Å². The summed E-state index contributed by atoms with van der Waals surface area (Å²) < 4.78 is 24.5. The van der Waals surface area contributed by atoms with E-state index in [0.29, 0.717) is 0 Å². The Kier molecular flexibility index (Phi) is 2.46. The number of alkyl halides is 2. The Morgan fingerprint density at radius 1 is 1.42 bits per heavy atom. The molecule has 0 aliphatic heterocycles. The van der Waals surface area contributed by atoms with E-state index in [4.69, 9.17) is 11.5 Å². The van der Waals surface area contributed by atoms with E-state index in [2.05, 4.69) is 20.9 Å². The summed E-state index contributed by atoms with van der Waals surface area (Å²) in [7, 11) is 0. The minimum atomic E-state index is -2.60. The summed E-state index contributed by atoms with van der Waals surface area (Å²) in [6.07, 6.45) is -2.60. The van der Waals surface area contributed by atoms with Crippen molar-refractivity contribution in [3.8, 4) is 0 Å². The van der Waals surface area contributed by atoms with E-state index in [0.717, 1.165) is 6.07 Å². The Labute approximate surface area is 75.9 Å². The van der Waals surface area contributed by atoms with Gasteiger partial charge in [-0.3, -0.25) is 0 Å². The van der Waals surface area contributed by atoms with Gasteiger partial charge in [0.25, 0.3) is 6.43 Å². The maximum absolute atomic E-state index is 12.2. The molecule has 0 aliphatic rings. The topological polar surface area (TPSA) is 64.9 Å². The molecule has 1 rings (SSSR count). The van der Waals surface area contributed by atoms with Crippen LogP contribution in [0.4, 0.5) is 20.4 Å². The first-order chi connectivity index (χ1) is 5.52. The van der Waals surface area contributed by atoms with Crippen LogP contribution in [0.25, 0.3) is 0 Å². The first kappa shape index (κ1) is 9.18. The van der Waals surface area contributed by atoms with Crippen LogP contribution < -0.4 is 11.5 Å². The molecule has 0 fully saturated rings. The van der Waals surface area contributed by atoms with Crippen molar-refractivity contribution in [1.29, 1.82) is 0 Å². The molecule has 0 bridgehead atoms. The van der Waals surface area contributed by atoms with Crippen LogP contribution >= 0.6 is 15.9 Å². The summed E-state index contributed by atoms with van der Waals surface area (Å²) in [6, 6.07) is 1.09. The molecule has 0 saturated carbocycles. The summed E-state index contributed by atoms with van der Waals surface area (Å²) in [4.78, 5) is 3.59. The van der Waals surface area contributed by atoms with Gasteiger partial charge in [-0.2, -0.15) is 0 Å². The van der Waals surface area contributed by atoms with E-state index in [-0.39, 0.29) is 21.7 Å². The Morgan fingerprint density at radius 3 is 2.50 bits per heavy atom. The smallest absolute Gasteiger partial charge is 0.265 e. The van der Waals surface area contributed by atoms with Gasteiger partial charge in [-0.1, -0.05) is 0 Å². The van der Waals surface area contributed by atoms with Gasteiger partial charge < -0.3 is 11.5 Å². The molecule has 0 aromatic carbocycles. The number of nitrogens with two attached hydrogens (primary N) is 2. The third-order valence-corrected chi connectivity index (χ3v) is 2.13. The minimum Gasteiger partial charge on any atom is -0.384 e. The average Bonchev–Trinajstić information content (AvgIpc) is 1.96.